The molecule has 2 aromatic carbocycles. The zero-order valence-electron chi connectivity index (χ0n) is 18.7. The summed E-state index contributed by atoms with van der Waals surface area (Å²) in [5.74, 6) is 1.25. The van der Waals surface area contributed by atoms with Crippen molar-refractivity contribution in [1.82, 2.24) is 9.80 Å². The molecule has 0 spiro atoms. The van der Waals surface area contributed by atoms with Gasteiger partial charge in [-0.25, -0.2) is 0 Å². The summed E-state index contributed by atoms with van der Waals surface area (Å²) in [5, 5.41) is 3.50. The van der Waals surface area contributed by atoms with Gasteiger partial charge in [-0.2, -0.15) is 13.2 Å². The van der Waals surface area contributed by atoms with Crippen molar-refractivity contribution in [1.29, 1.82) is 0 Å². The Balaban J connectivity index is 1.73. The SMILES string of the molecule is COc1ccc(CN(CCN2CCOCC2)C(=S)Nc2ccc(C(F)(F)F)cc2)cc1OC. The highest BCUT2D eigenvalue weighted by atomic mass is 32.1. The molecule has 0 unspecified atom stereocenters. The number of methoxy groups -OCH3 is 2. The second-order valence-corrected chi connectivity index (χ2v) is 7.96. The number of alkyl halides is 3. The molecule has 1 aliphatic heterocycles. The largest absolute Gasteiger partial charge is 0.493 e. The first-order valence-electron chi connectivity index (χ1n) is 10.5. The van der Waals surface area contributed by atoms with Gasteiger partial charge in [0.1, 0.15) is 0 Å². The Morgan fingerprint density at radius 1 is 1.06 bits per heavy atom. The first-order chi connectivity index (χ1) is 15.8. The summed E-state index contributed by atoms with van der Waals surface area (Å²) in [4.78, 5) is 4.29. The highest BCUT2D eigenvalue weighted by Crippen LogP contribution is 2.30. The summed E-state index contributed by atoms with van der Waals surface area (Å²) in [5.41, 5.74) is 0.761. The van der Waals surface area contributed by atoms with Gasteiger partial charge in [-0.15, -0.1) is 0 Å². The lowest BCUT2D eigenvalue weighted by Gasteiger charge is -2.31. The van der Waals surface area contributed by atoms with Crippen LogP contribution < -0.4 is 14.8 Å². The van der Waals surface area contributed by atoms with Crippen molar-refractivity contribution in [3.05, 3.63) is 53.6 Å². The Morgan fingerprint density at radius 2 is 1.73 bits per heavy atom. The minimum absolute atomic E-state index is 0.429. The van der Waals surface area contributed by atoms with Gasteiger partial charge in [0, 0.05) is 38.4 Å². The van der Waals surface area contributed by atoms with E-state index in [1.54, 1.807) is 14.2 Å². The molecule has 0 radical (unpaired) electrons. The van der Waals surface area contributed by atoms with E-state index in [0.29, 0.717) is 48.6 Å². The van der Waals surface area contributed by atoms with Crippen molar-refractivity contribution in [2.24, 2.45) is 0 Å². The van der Waals surface area contributed by atoms with E-state index in [9.17, 15) is 13.2 Å². The van der Waals surface area contributed by atoms with Crippen LogP contribution >= 0.6 is 12.2 Å². The van der Waals surface area contributed by atoms with Gasteiger partial charge in [-0.1, -0.05) is 6.07 Å². The number of ether oxygens (including phenoxy) is 3. The molecule has 1 saturated heterocycles. The van der Waals surface area contributed by atoms with Crippen molar-refractivity contribution in [2.75, 3.05) is 58.9 Å². The van der Waals surface area contributed by atoms with Crippen molar-refractivity contribution < 1.29 is 27.4 Å². The minimum atomic E-state index is -4.38. The number of nitrogens with one attached hydrogen (secondary N) is 1. The smallest absolute Gasteiger partial charge is 0.416 e. The van der Waals surface area contributed by atoms with Crippen molar-refractivity contribution in [3.63, 3.8) is 0 Å². The van der Waals surface area contributed by atoms with E-state index in [1.807, 2.05) is 23.1 Å². The first kappa shape index (κ1) is 25.1. The van der Waals surface area contributed by atoms with E-state index in [-0.39, 0.29) is 0 Å². The summed E-state index contributed by atoms with van der Waals surface area (Å²) in [6.45, 7) is 5.02. The summed E-state index contributed by atoms with van der Waals surface area (Å²) >= 11 is 5.63. The maximum Gasteiger partial charge on any atom is 0.416 e. The fourth-order valence-electron chi connectivity index (χ4n) is 3.48. The lowest BCUT2D eigenvalue weighted by molar-refractivity contribution is -0.137. The van der Waals surface area contributed by atoms with Gasteiger partial charge in [0.2, 0.25) is 0 Å². The van der Waals surface area contributed by atoms with Crippen LogP contribution in [0.1, 0.15) is 11.1 Å². The maximum atomic E-state index is 12.9. The predicted molar refractivity (Wildman–Crippen MR) is 125 cm³/mol. The molecule has 180 valence electrons. The molecular formula is C23H28F3N3O3S. The van der Waals surface area contributed by atoms with Gasteiger partial charge >= 0.3 is 6.18 Å². The third-order valence-electron chi connectivity index (χ3n) is 5.36. The van der Waals surface area contributed by atoms with Gasteiger partial charge in [0.15, 0.2) is 16.6 Å². The van der Waals surface area contributed by atoms with Crippen molar-refractivity contribution >= 4 is 23.0 Å². The van der Waals surface area contributed by atoms with Crippen LogP contribution in [0.2, 0.25) is 0 Å². The number of hydrogen-bond donors (Lipinski definition) is 1. The Bertz CT molecular complexity index is 919. The number of anilines is 1. The molecule has 0 aromatic heterocycles. The third-order valence-corrected chi connectivity index (χ3v) is 5.72. The fourth-order valence-corrected chi connectivity index (χ4v) is 3.76. The van der Waals surface area contributed by atoms with Crippen LogP contribution in [0.3, 0.4) is 0 Å². The van der Waals surface area contributed by atoms with E-state index < -0.39 is 11.7 Å². The van der Waals surface area contributed by atoms with Crippen LogP contribution in [0.15, 0.2) is 42.5 Å². The fraction of sp³-hybridized carbons (Fsp3) is 0.435. The highest BCUT2D eigenvalue weighted by Gasteiger charge is 2.30. The van der Waals surface area contributed by atoms with E-state index in [0.717, 1.165) is 37.3 Å². The molecule has 1 aliphatic rings. The summed E-state index contributed by atoms with van der Waals surface area (Å²) in [7, 11) is 3.16. The predicted octanol–water partition coefficient (Wildman–Crippen LogP) is 4.25. The number of thiocarbonyl (C=S) groups is 1. The average Bonchev–Trinajstić information content (AvgIpc) is 2.82. The second kappa shape index (κ2) is 11.5. The molecule has 33 heavy (non-hydrogen) atoms. The molecule has 1 heterocycles. The van der Waals surface area contributed by atoms with E-state index >= 15 is 0 Å². The Hall–Kier alpha value is -2.56. The number of rotatable bonds is 8. The van der Waals surface area contributed by atoms with Gasteiger partial charge in [-0.05, 0) is 54.2 Å². The molecule has 1 N–H and O–H groups in total. The van der Waals surface area contributed by atoms with Gasteiger partial charge < -0.3 is 24.4 Å². The van der Waals surface area contributed by atoms with Crippen LogP contribution in [-0.2, 0) is 17.5 Å². The number of benzene rings is 2. The Kier molecular flexibility index (Phi) is 8.76. The van der Waals surface area contributed by atoms with Crippen LogP contribution in [0.4, 0.5) is 18.9 Å². The number of hydrogen-bond acceptors (Lipinski definition) is 5. The Morgan fingerprint density at radius 3 is 2.33 bits per heavy atom. The topological polar surface area (TPSA) is 46.2 Å². The van der Waals surface area contributed by atoms with Crippen LogP contribution in [-0.4, -0.2) is 68.5 Å². The molecule has 1 fully saturated rings. The zero-order chi connectivity index (χ0) is 23.8. The monoisotopic (exact) mass is 483 g/mol. The normalized spacial score (nSPS) is 14.6. The van der Waals surface area contributed by atoms with Crippen molar-refractivity contribution in [3.8, 4) is 11.5 Å². The molecule has 10 heteroatoms. The number of morpholine rings is 1. The maximum absolute atomic E-state index is 12.9. The molecule has 3 rings (SSSR count). The summed E-state index contributed by atoms with van der Waals surface area (Å²) < 4.78 is 54.7. The molecule has 6 nitrogen and oxygen atoms in total. The molecule has 0 aliphatic carbocycles. The zero-order valence-corrected chi connectivity index (χ0v) is 19.5. The quantitative estimate of drug-likeness (QED) is 0.563. The lowest BCUT2D eigenvalue weighted by atomic mass is 10.2. The third kappa shape index (κ3) is 7.21. The highest BCUT2D eigenvalue weighted by molar-refractivity contribution is 7.80. The molecule has 0 atom stereocenters. The minimum Gasteiger partial charge on any atom is -0.493 e. The van der Waals surface area contributed by atoms with Crippen LogP contribution in [0.25, 0.3) is 0 Å². The average molecular weight is 484 g/mol. The molecule has 2 aromatic rings. The van der Waals surface area contributed by atoms with E-state index in [2.05, 4.69) is 10.2 Å². The second-order valence-electron chi connectivity index (χ2n) is 7.57. The van der Waals surface area contributed by atoms with E-state index in [4.69, 9.17) is 26.4 Å². The molecule has 0 bridgehead atoms. The van der Waals surface area contributed by atoms with Gasteiger partial charge in [-0.3, -0.25) is 4.90 Å². The van der Waals surface area contributed by atoms with E-state index in [1.165, 1.54) is 12.1 Å². The van der Waals surface area contributed by atoms with Gasteiger partial charge in [0.05, 0.1) is 33.0 Å². The van der Waals surface area contributed by atoms with Crippen molar-refractivity contribution in [2.45, 2.75) is 12.7 Å². The molecular weight excluding hydrogens is 455 g/mol. The van der Waals surface area contributed by atoms with Crippen LogP contribution in [0.5, 0.6) is 11.5 Å². The number of halogens is 3. The standard InChI is InChI=1S/C23H28F3N3O3S/c1-30-20-8-3-17(15-21(20)31-2)16-29(10-9-28-11-13-32-14-12-28)22(33)27-19-6-4-18(5-7-19)23(24,25)26/h3-8,15H,9-14,16H2,1-2H3,(H,27,33). The lowest BCUT2D eigenvalue weighted by Crippen LogP contribution is -2.43. The molecule has 0 amide bonds. The summed E-state index contributed by atoms with van der Waals surface area (Å²) in [6.07, 6.45) is -4.38. The van der Waals surface area contributed by atoms with Crippen LogP contribution in [0, 0.1) is 0 Å². The molecule has 0 saturated carbocycles. The first-order valence-corrected chi connectivity index (χ1v) is 10.9. The van der Waals surface area contributed by atoms with Gasteiger partial charge in [0.25, 0.3) is 0 Å². The number of nitrogens with zero attached hydrogens (tertiary/aromatic N) is 2. The Labute approximate surface area is 197 Å². The summed E-state index contributed by atoms with van der Waals surface area (Å²) in [6, 6.07) is 10.5.